The van der Waals surface area contributed by atoms with Crippen molar-refractivity contribution in [1.29, 1.82) is 0 Å². The lowest BCUT2D eigenvalue weighted by Crippen LogP contribution is -2.45. The molecule has 0 fully saturated rings. The second-order valence-electron chi connectivity index (χ2n) is 10.7. The first-order chi connectivity index (χ1) is 21.9. The van der Waals surface area contributed by atoms with E-state index in [-0.39, 0.29) is 19.4 Å². The monoisotopic (exact) mass is 598 g/mol. The minimum atomic E-state index is -1.21. The molecule has 0 aliphatic rings. The molecule has 0 bridgehead atoms. The number of nitrogens with zero attached hydrogens (tertiary/aromatic N) is 1. The second-order valence-corrected chi connectivity index (χ2v) is 10.7. The first-order valence-electron chi connectivity index (χ1n) is 14.7. The Morgan fingerprint density at radius 1 is 0.667 bits per heavy atom. The Morgan fingerprint density at radius 2 is 1.22 bits per heavy atom. The van der Waals surface area contributed by atoms with Crippen LogP contribution in [0.3, 0.4) is 0 Å². The Labute approximate surface area is 262 Å². The highest BCUT2D eigenvalue weighted by atomic mass is 16.5. The number of nitrogens with two attached hydrogens (primary N) is 1. The zero-order valence-electron chi connectivity index (χ0n) is 24.7. The molecule has 0 heterocycles. The Morgan fingerprint density at radius 3 is 1.84 bits per heavy atom. The van der Waals surface area contributed by atoms with Crippen molar-refractivity contribution >= 4 is 17.8 Å². The van der Waals surface area contributed by atoms with Crippen LogP contribution in [0.2, 0.25) is 0 Å². The number of aliphatic carboxylic acids is 1. The van der Waals surface area contributed by atoms with Crippen molar-refractivity contribution in [3.8, 4) is 28.0 Å². The summed E-state index contributed by atoms with van der Waals surface area (Å²) in [7, 11) is 0. The van der Waals surface area contributed by atoms with Crippen LogP contribution in [-0.2, 0) is 22.7 Å². The van der Waals surface area contributed by atoms with E-state index in [0.717, 1.165) is 39.1 Å². The maximum absolute atomic E-state index is 13.7. The number of ether oxygens (including phenoxy) is 1. The third-order valence-electron chi connectivity index (χ3n) is 7.54. The van der Waals surface area contributed by atoms with Crippen molar-refractivity contribution in [2.45, 2.75) is 32.0 Å². The maximum Gasteiger partial charge on any atom is 0.326 e. The summed E-state index contributed by atoms with van der Waals surface area (Å²) in [4.78, 5) is 38.6. The Kier molecular flexibility index (Phi) is 10.0. The molecular weight excluding hydrogens is 564 g/mol. The van der Waals surface area contributed by atoms with Crippen LogP contribution in [-0.4, -0.2) is 33.8 Å². The Bertz CT molecular complexity index is 1740. The first kappa shape index (κ1) is 30.8. The highest BCUT2D eigenvalue weighted by Crippen LogP contribution is 2.26. The van der Waals surface area contributed by atoms with Gasteiger partial charge in [-0.25, -0.2) is 4.79 Å². The summed E-state index contributed by atoms with van der Waals surface area (Å²) in [5.74, 6) is -1.51. The summed E-state index contributed by atoms with van der Waals surface area (Å²) in [6, 6.07) is 41.2. The van der Waals surface area contributed by atoms with Crippen molar-refractivity contribution in [2.24, 2.45) is 5.73 Å². The summed E-state index contributed by atoms with van der Waals surface area (Å²) in [6.45, 7) is 0.516. The molecule has 5 aromatic rings. The normalized spacial score (nSPS) is 11.4. The van der Waals surface area contributed by atoms with E-state index in [0.29, 0.717) is 12.2 Å². The van der Waals surface area contributed by atoms with Crippen molar-refractivity contribution < 1.29 is 24.2 Å². The molecule has 45 heavy (non-hydrogen) atoms. The number of carbonyl (C=O) groups excluding carboxylic acids is 2. The fourth-order valence-electron chi connectivity index (χ4n) is 5.15. The molecule has 0 aliphatic heterocycles. The smallest absolute Gasteiger partial charge is 0.326 e. The molecule has 1 atom stereocenters. The molecule has 0 saturated heterocycles. The molecule has 226 valence electrons. The summed E-state index contributed by atoms with van der Waals surface area (Å²) in [5.41, 5.74) is 11.6. The van der Waals surface area contributed by atoms with Gasteiger partial charge in [0.25, 0.3) is 5.91 Å². The molecule has 0 spiro atoms. The number of benzene rings is 5. The van der Waals surface area contributed by atoms with Crippen LogP contribution in [0.5, 0.6) is 5.75 Å². The minimum Gasteiger partial charge on any atom is -0.489 e. The van der Waals surface area contributed by atoms with Gasteiger partial charge in [0.05, 0.1) is 0 Å². The van der Waals surface area contributed by atoms with Gasteiger partial charge in [-0.05, 0) is 70.1 Å². The Balaban J connectivity index is 1.27. The SMILES string of the molecule is NC(=O)CC[C@@H](C(=O)O)N(Cc1ccccc1)C(=O)c1ccc(-c2ccc(OCc3cccc(-c4ccccc4)c3)cc2)cc1. The lowest BCUT2D eigenvalue weighted by atomic mass is 10.0. The van der Waals surface area contributed by atoms with Crippen molar-refractivity contribution in [1.82, 2.24) is 4.90 Å². The number of carbonyl (C=O) groups is 3. The van der Waals surface area contributed by atoms with Crippen LogP contribution in [0.25, 0.3) is 22.3 Å². The molecule has 3 N–H and O–H groups in total. The molecule has 5 aromatic carbocycles. The van der Waals surface area contributed by atoms with Crippen LogP contribution in [0.4, 0.5) is 0 Å². The molecule has 0 radical (unpaired) electrons. The summed E-state index contributed by atoms with van der Waals surface area (Å²) in [5, 5.41) is 9.95. The third kappa shape index (κ3) is 8.24. The predicted octanol–water partition coefficient (Wildman–Crippen LogP) is 6.96. The van der Waals surface area contributed by atoms with Gasteiger partial charge in [-0.3, -0.25) is 9.59 Å². The standard InChI is InChI=1S/C38H34N2O5/c39-36(41)23-22-35(38(43)44)40(25-27-8-3-1-4-9-27)37(42)32-16-14-30(15-17-32)31-18-20-34(21-19-31)45-26-28-10-7-13-33(24-28)29-11-5-2-6-12-29/h1-21,24,35H,22-23,25-26H2,(H2,39,41)(H,43,44)/t35-/m0/s1. The number of hydrogen-bond acceptors (Lipinski definition) is 4. The lowest BCUT2D eigenvalue weighted by molar-refractivity contribution is -0.143. The van der Waals surface area contributed by atoms with Crippen molar-refractivity contribution in [2.75, 3.05) is 0 Å². The third-order valence-corrected chi connectivity index (χ3v) is 7.54. The topological polar surface area (TPSA) is 110 Å². The van der Waals surface area contributed by atoms with Gasteiger partial charge in [-0.2, -0.15) is 0 Å². The molecule has 7 nitrogen and oxygen atoms in total. The van der Waals surface area contributed by atoms with E-state index in [1.807, 2.05) is 97.1 Å². The predicted molar refractivity (Wildman–Crippen MR) is 174 cm³/mol. The molecule has 7 heteroatoms. The molecule has 2 amide bonds. The van der Waals surface area contributed by atoms with Crippen LogP contribution >= 0.6 is 0 Å². The van der Waals surface area contributed by atoms with E-state index in [1.165, 1.54) is 4.90 Å². The first-order valence-corrected chi connectivity index (χ1v) is 14.7. The van der Waals surface area contributed by atoms with E-state index >= 15 is 0 Å². The highest BCUT2D eigenvalue weighted by molar-refractivity contribution is 5.97. The van der Waals surface area contributed by atoms with Gasteiger partial charge in [0, 0.05) is 18.5 Å². The van der Waals surface area contributed by atoms with Gasteiger partial charge in [-0.15, -0.1) is 0 Å². The van der Waals surface area contributed by atoms with Crippen LogP contribution in [0.15, 0.2) is 133 Å². The zero-order valence-corrected chi connectivity index (χ0v) is 24.7. The van der Waals surface area contributed by atoms with Gasteiger partial charge < -0.3 is 20.5 Å². The van der Waals surface area contributed by atoms with E-state index in [2.05, 4.69) is 24.3 Å². The number of hydrogen-bond donors (Lipinski definition) is 2. The molecule has 0 saturated carbocycles. The average molecular weight is 599 g/mol. The fraction of sp³-hybridized carbons (Fsp3) is 0.132. The van der Waals surface area contributed by atoms with E-state index in [1.54, 1.807) is 12.1 Å². The number of primary amides is 1. The van der Waals surface area contributed by atoms with Crippen molar-refractivity contribution in [3.63, 3.8) is 0 Å². The number of carboxylic acid groups (broad SMARTS) is 1. The number of rotatable bonds is 13. The second kappa shape index (κ2) is 14.7. The van der Waals surface area contributed by atoms with Gasteiger partial charge in [-0.1, -0.05) is 103 Å². The molecule has 0 aromatic heterocycles. The minimum absolute atomic E-state index is 0.0752. The zero-order chi connectivity index (χ0) is 31.6. The van der Waals surface area contributed by atoms with E-state index in [4.69, 9.17) is 10.5 Å². The largest absolute Gasteiger partial charge is 0.489 e. The molecule has 5 rings (SSSR count). The van der Waals surface area contributed by atoms with E-state index < -0.39 is 23.8 Å². The van der Waals surface area contributed by atoms with Crippen LogP contribution in [0.1, 0.15) is 34.3 Å². The van der Waals surface area contributed by atoms with Crippen LogP contribution in [0, 0.1) is 0 Å². The van der Waals surface area contributed by atoms with Gasteiger partial charge in [0.2, 0.25) is 5.91 Å². The lowest BCUT2D eigenvalue weighted by Gasteiger charge is -2.29. The van der Waals surface area contributed by atoms with E-state index in [9.17, 15) is 19.5 Å². The summed E-state index contributed by atoms with van der Waals surface area (Å²) >= 11 is 0. The fourth-order valence-corrected chi connectivity index (χ4v) is 5.15. The molecule has 0 aliphatic carbocycles. The van der Waals surface area contributed by atoms with Crippen molar-refractivity contribution in [3.05, 3.63) is 150 Å². The number of carboxylic acids is 1. The molecule has 0 unspecified atom stereocenters. The maximum atomic E-state index is 13.7. The summed E-state index contributed by atoms with van der Waals surface area (Å²) < 4.78 is 6.05. The average Bonchev–Trinajstić information content (AvgIpc) is 3.07. The van der Waals surface area contributed by atoms with Gasteiger partial charge >= 0.3 is 5.97 Å². The Hall–Kier alpha value is -5.69. The number of amides is 2. The molecular formula is C38H34N2O5. The highest BCUT2D eigenvalue weighted by Gasteiger charge is 2.30. The van der Waals surface area contributed by atoms with Crippen LogP contribution < -0.4 is 10.5 Å². The quantitative estimate of drug-likeness (QED) is 0.152. The summed E-state index contributed by atoms with van der Waals surface area (Å²) in [6.07, 6.45) is -0.220. The van der Waals surface area contributed by atoms with Gasteiger partial charge in [0.15, 0.2) is 0 Å². The van der Waals surface area contributed by atoms with Gasteiger partial charge in [0.1, 0.15) is 18.4 Å².